The average Bonchev–Trinajstić information content (AvgIpc) is 3.01. The molecule has 2 aromatic heterocycles. The summed E-state index contributed by atoms with van der Waals surface area (Å²) in [6.07, 6.45) is 3.85. The van der Waals surface area contributed by atoms with Crippen molar-refractivity contribution in [2.75, 3.05) is 18.5 Å². The summed E-state index contributed by atoms with van der Waals surface area (Å²) in [5.41, 5.74) is 3.64. The number of carbonyl (C=O) groups excluding carboxylic acids is 1. The number of benzene rings is 3. The Balaban J connectivity index is 1.34. The fraction of sp³-hybridized carbons (Fsp3) is 0.152. The van der Waals surface area contributed by atoms with Gasteiger partial charge in [0.05, 0.1) is 23.3 Å². The molecule has 0 radical (unpaired) electrons. The van der Waals surface area contributed by atoms with Crippen molar-refractivity contribution in [3.63, 3.8) is 0 Å². The summed E-state index contributed by atoms with van der Waals surface area (Å²) in [6.45, 7) is 0.802. The minimum Gasteiger partial charge on any atom is -0.373 e. The molecule has 0 unspecified atom stereocenters. The van der Waals surface area contributed by atoms with E-state index in [0.29, 0.717) is 23.2 Å². The number of pyridine rings is 2. The second kappa shape index (κ2) is 12.4. The van der Waals surface area contributed by atoms with Gasteiger partial charge in [0.1, 0.15) is 11.6 Å². The molecular formula is C33H27F2N5O2. The van der Waals surface area contributed by atoms with Gasteiger partial charge in [-0.1, -0.05) is 42.5 Å². The average molecular weight is 564 g/mol. The zero-order chi connectivity index (χ0) is 29.6. The second-order valence-electron chi connectivity index (χ2n) is 9.93. The van der Waals surface area contributed by atoms with Gasteiger partial charge < -0.3 is 14.8 Å². The highest BCUT2D eigenvalue weighted by molar-refractivity contribution is 5.95. The Morgan fingerprint density at radius 3 is 2.52 bits per heavy atom. The Bertz CT molecular complexity index is 1870. The largest absolute Gasteiger partial charge is 0.373 e. The van der Waals surface area contributed by atoms with E-state index in [4.69, 9.17) is 0 Å². The maximum atomic E-state index is 13.6. The van der Waals surface area contributed by atoms with Gasteiger partial charge in [-0.05, 0) is 59.5 Å². The summed E-state index contributed by atoms with van der Waals surface area (Å²) < 4.78 is 28.2. The molecular weight excluding hydrogens is 536 g/mol. The number of fused-ring (bicyclic) bond motifs is 1. The Kier molecular flexibility index (Phi) is 8.34. The smallest absolute Gasteiger partial charge is 0.263 e. The predicted octanol–water partition coefficient (Wildman–Crippen LogP) is 5.20. The van der Waals surface area contributed by atoms with Crippen LogP contribution in [0.4, 0.5) is 14.5 Å². The first-order valence-electron chi connectivity index (χ1n) is 13.3. The van der Waals surface area contributed by atoms with E-state index in [-0.39, 0.29) is 18.7 Å². The number of halogens is 2. The number of anilines is 1. The lowest BCUT2D eigenvalue weighted by Crippen LogP contribution is -2.32. The van der Waals surface area contributed by atoms with Crippen LogP contribution in [0.2, 0.25) is 0 Å². The summed E-state index contributed by atoms with van der Waals surface area (Å²) in [7, 11) is 1.94. The molecule has 0 aliphatic heterocycles. The molecule has 3 aromatic carbocycles. The SMILES string of the molecule is CN(CCc1ccccc1)c1c(C#N)cnc2ccc(CNC(=O)c3cccn(Cc4ccc(F)c(F)c4)c3=O)cc12. The van der Waals surface area contributed by atoms with Crippen LogP contribution in [0.25, 0.3) is 10.9 Å². The number of aromatic nitrogens is 2. The molecule has 2 heterocycles. The van der Waals surface area contributed by atoms with E-state index in [9.17, 15) is 23.6 Å². The molecule has 0 spiro atoms. The second-order valence-corrected chi connectivity index (χ2v) is 9.93. The van der Waals surface area contributed by atoms with Crippen LogP contribution in [0.1, 0.15) is 32.6 Å². The maximum Gasteiger partial charge on any atom is 0.263 e. The molecule has 42 heavy (non-hydrogen) atoms. The van der Waals surface area contributed by atoms with Crippen molar-refractivity contribution in [3.05, 3.63) is 141 Å². The summed E-state index contributed by atoms with van der Waals surface area (Å²) >= 11 is 0. The predicted molar refractivity (Wildman–Crippen MR) is 157 cm³/mol. The highest BCUT2D eigenvalue weighted by atomic mass is 19.2. The van der Waals surface area contributed by atoms with Gasteiger partial charge >= 0.3 is 0 Å². The number of rotatable bonds is 9. The van der Waals surface area contributed by atoms with E-state index in [1.54, 1.807) is 12.3 Å². The Hall–Kier alpha value is -5.36. The number of hydrogen-bond donors (Lipinski definition) is 1. The number of hydrogen-bond acceptors (Lipinski definition) is 5. The molecule has 0 aliphatic carbocycles. The molecule has 210 valence electrons. The van der Waals surface area contributed by atoms with Gasteiger partial charge in [-0.25, -0.2) is 8.78 Å². The molecule has 0 atom stereocenters. The van der Waals surface area contributed by atoms with Crippen LogP contribution in [0, 0.1) is 23.0 Å². The van der Waals surface area contributed by atoms with Gasteiger partial charge in [0.2, 0.25) is 0 Å². The number of nitriles is 1. The van der Waals surface area contributed by atoms with E-state index >= 15 is 0 Å². The number of nitrogens with zero attached hydrogens (tertiary/aromatic N) is 4. The van der Waals surface area contributed by atoms with Crippen LogP contribution in [0.3, 0.4) is 0 Å². The lowest BCUT2D eigenvalue weighted by Gasteiger charge is -2.22. The van der Waals surface area contributed by atoms with Crippen LogP contribution >= 0.6 is 0 Å². The first-order valence-corrected chi connectivity index (χ1v) is 13.3. The minimum atomic E-state index is -1.01. The molecule has 9 heteroatoms. The van der Waals surface area contributed by atoms with Gasteiger partial charge in [-0.3, -0.25) is 14.6 Å². The third-order valence-electron chi connectivity index (χ3n) is 7.04. The summed E-state index contributed by atoms with van der Waals surface area (Å²) in [4.78, 5) is 32.5. The molecule has 0 aliphatic rings. The Morgan fingerprint density at radius 1 is 0.976 bits per heavy atom. The van der Waals surface area contributed by atoms with Crippen molar-refractivity contribution in [2.45, 2.75) is 19.5 Å². The highest BCUT2D eigenvalue weighted by Gasteiger charge is 2.16. The van der Waals surface area contributed by atoms with Crippen molar-refractivity contribution in [1.29, 1.82) is 5.26 Å². The third kappa shape index (κ3) is 6.18. The summed E-state index contributed by atoms with van der Waals surface area (Å²) in [6, 6.07) is 24.3. The van der Waals surface area contributed by atoms with Crippen molar-refractivity contribution in [1.82, 2.24) is 14.9 Å². The summed E-state index contributed by atoms with van der Waals surface area (Å²) in [5, 5.41) is 13.4. The van der Waals surface area contributed by atoms with E-state index in [2.05, 4.69) is 28.5 Å². The molecule has 0 saturated heterocycles. The molecule has 0 bridgehead atoms. The van der Waals surface area contributed by atoms with Crippen LogP contribution in [0.5, 0.6) is 0 Å². The topological polar surface area (TPSA) is 91.0 Å². The van der Waals surface area contributed by atoms with E-state index in [1.807, 2.05) is 48.3 Å². The highest BCUT2D eigenvalue weighted by Crippen LogP contribution is 2.29. The Labute approximate surface area is 241 Å². The lowest BCUT2D eigenvalue weighted by molar-refractivity contribution is 0.0949. The van der Waals surface area contributed by atoms with Gasteiger partial charge in [-0.15, -0.1) is 0 Å². The van der Waals surface area contributed by atoms with E-state index in [0.717, 1.165) is 35.2 Å². The Morgan fingerprint density at radius 2 is 1.76 bits per heavy atom. The fourth-order valence-corrected chi connectivity index (χ4v) is 4.83. The minimum absolute atomic E-state index is 0.0172. The molecule has 1 N–H and O–H groups in total. The van der Waals surface area contributed by atoms with E-state index < -0.39 is 23.1 Å². The molecule has 5 aromatic rings. The van der Waals surface area contributed by atoms with Gasteiger partial charge in [-0.2, -0.15) is 5.26 Å². The van der Waals surface area contributed by atoms with Crippen LogP contribution in [0.15, 0.2) is 96.1 Å². The normalized spacial score (nSPS) is 10.8. The quantitative estimate of drug-likeness (QED) is 0.266. The molecule has 0 saturated carbocycles. The van der Waals surface area contributed by atoms with Gasteiger partial charge in [0.15, 0.2) is 11.6 Å². The van der Waals surface area contributed by atoms with Crippen LogP contribution < -0.4 is 15.8 Å². The number of carbonyl (C=O) groups is 1. The third-order valence-corrected chi connectivity index (χ3v) is 7.04. The van der Waals surface area contributed by atoms with E-state index in [1.165, 1.54) is 28.5 Å². The number of nitrogens with one attached hydrogen (secondary N) is 1. The van der Waals surface area contributed by atoms with Crippen molar-refractivity contribution in [2.24, 2.45) is 0 Å². The fourth-order valence-electron chi connectivity index (χ4n) is 4.83. The first kappa shape index (κ1) is 28.2. The zero-order valence-electron chi connectivity index (χ0n) is 22.8. The maximum absolute atomic E-state index is 13.6. The molecule has 0 fully saturated rings. The van der Waals surface area contributed by atoms with Gasteiger partial charge in [0, 0.05) is 37.9 Å². The van der Waals surface area contributed by atoms with Crippen molar-refractivity contribution in [3.8, 4) is 6.07 Å². The standard InChI is InChI=1S/C33H27F2N5O2/c1-39(15-13-22-6-3-2-4-7-22)31-25(18-36)20-37-30-12-10-23(16-27(30)31)19-38-32(41)26-8-5-14-40(33(26)42)21-24-9-11-28(34)29(35)17-24/h2-12,14,16-17,20H,13,15,19,21H2,1H3,(H,38,41). The lowest BCUT2D eigenvalue weighted by atomic mass is 10.0. The first-order chi connectivity index (χ1) is 20.3. The van der Waals surface area contributed by atoms with Crippen LogP contribution in [-0.2, 0) is 19.5 Å². The van der Waals surface area contributed by atoms with Gasteiger partial charge in [0.25, 0.3) is 11.5 Å². The zero-order valence-corrected chi connectivity index (χ0v) is 22.8. The number of amides is 1. The van der Waals surface area contributed by atoms with Crippen molar-refractivity contribution >= 4 is 22.5 Å². The summed E-state index contributed by atoms with van der Waals surface area (Å²) in [5.74, 6) is -2.55. The van der Waals surface area contributed by atoms with Crippen molar-refractivity contribution < 1.29 is 13.6 Å². The van der Waals surface area contributed by atoms with Crippen LogP contribution in [-0.4, -0.2) is 29.1 Å². The molecule has 7 nitrogen and oxygen atoms in total. The molecule has 1 amide bonds. The monoisotopic (exact) mass is 563 g/mol. The number of likely N-dealkylation sites (N-methyl/N-ethyl adjacent to an activating group) is 1. The molecule has 5 rings (SSSR count).